The topological polar surface area (TPSA) is 44.3 Å². The third kappa shape index (κ3) is 4.19. The van der Waals surface area contributed by atoms with Crippen molar-refractivity contribution >= 4 is 23.1 Å². The molecular formula is C24H29N5. The molecule has 2 heterocycles. The van der Waals surface area contributed by atoms with Crippen LogP contribution in [0, 0.1) is 27.7 Å². The number of benzene rings is 2. The standard InChI is InChI=1S/C24H29N5/c1-17-9-7-11-22(20(17)4)28-12-14-29(15-13-28)23-16-19(3)25-24(27-23)26-21-10-6-5-8-18(21)2/h5-11,16H,12-15H2,1-4H3,(H,25,26,27). The van der Waals surface area contributed by atoms with Crippen LogP contribution >= 0.6 is 0 Å². The SMILES string of the molecule is Cc1cc(N2CCN(c3cccc(C)c3C)CC2)nc(Nc2ccccc2C)n1. The Morgan fingerprint density at radius 1 is 0.759 bits per heavy atom. The number of piperazine rings is 1. The van der Waals surface area contributed by atoms with Crippen LogP contribution in [-0.4, -0.2) is 36.1 Å². The molecule has 1 N–H and O–H groups in total. The number of hydrogen-bond acceptors (Lipinski definition) is 5. The third-order valence-electron chi connectivity index (χ3n) is 5.75. The summed E-state index contributed by atoms with van der Waals surface area (Å²) in [6, 6.07) is 16.9. The summed E-state index contributed by atoms with van der Waals surface area (Å²) >= 11 is 0. The van der Waals surface area contributed by atoms with Crippen molar-refractivity contribution in [1.29, 1.82) is 0 Å². The summed E-state index contributed by atoms with van der Waals surface area (Å²) in [5.41, 5.74) is 7.28. The fourth-order valence-corrected chi connectivity index (χ4v) is 3.86. The molecule has 1 aliphatic heterocycles. The Hall–Kier alpha value is -3.08. The van der Waals surface area contributed by atoms with Gasteiger partial charge in [0.25, 0.3) is 0 Å². The van der Waals surface area contributed by atoms with Crippen molar-refractivity contribution in [1.82, 2.24) is 9.97 Å². The maximum atomic E-state index is 4.81. The van der Waals surface area contributed by atoms with Crippen LogP contribution in [0.15, 0.2) is 48.5 Å². The molecule has 4 rings (SSSR count). The van der Waals surface area contributed by atoms with Gasteiger partial charge in [-0.3, -0.25) is 0 Å². The van der Waals surface area contributed by atoms with Gasteiger partial charge in [-0.05, 0) is 56.5 Å². The molecule has 1 aliphatic rings. The highest BCUT2D eigenvalue weighted by atomic mass is 15.3. The second-order valence-electron chi connectivity index (χ2n) is 7.82. The van der Waals surface area contributed by atoms with Gasteiger partial charge in [-0.25, -0.2) is 4.98 Å². The van der Waals surface area contributed by atoms with Crippen LogP contribution in [0.5, 0.6) is 0 Å². The number of hydrogen-bond donors (Lipinski definition) is 1. The highest BCUT2D eigenvalue weighted by Gasteiger charge is 2.20. The molecule has 5 heteroatoms. The molecule has 0 unspecified atom stereocenters. The number of aryl methyl sites for hydroxylation is 3. The van der Waals surface area contributed by atoms with Gasteiger partial charge in [-0.15, -0.1) is 0 Å². The van der Waals surface area contributed by atoms with E-state index in [4.69, 9.17) is 4.98 Å². The van der Waals surface area contributed by atoms with E-state index in [1.807, 2.05) is 19.1 Å². The van der Waals surface area contributed by atoms with Crippen molar-refractivity contribution in [2.24, 2.45) is 0 Å². The van der Waals surface area contributed by atoms with Crippen LogP contribution < -0.4 is 15.1 Å². The fourth-order valence-electron chi connectivity index (χ4n) is 3.86. The van der Waals surface area contributed by atoms with Crippen LogP contribution in [-0.2, 0) is 0 Å². The summed E-state index contributed by atoms with van der Waals surface area (Å²) in [5.74, 6) is 1.65. The van der Waals surface area contributed by atoms with E-state index in [1.165, 1.54) is 22.4 Å². The molecule has 1 aromatic heterocycles. The van der Waals surface area contributed by atoms with Gasteiger partial charge in [0.05, 0.1) is 0 Å². The molecule has 3 aromatic rings. The molecule has 1 fully saturated rings. The molecule has 5 nitrogen and oxygen atoms in total. The van der Waals surface area contributed by atoms with Crippen LogP contribution in [0.3, 0.4) is 0 Å². The largest absolute Gasteiger partial charge is 0.368 e. The second kappa shape index (κ2) is 8.11. The Kier molecular flexibility index (Phi) is 5.38. The molecule has 0 aliphatic carbocycles. The molecule has 0 radical (unpaired) electrons. The van der Waals surface area contributed by atoms with Crippen molar-refractivity contribution < 1.29 is 0 Å². The molecule has 29 heavy (non-hydrogen) atoms. The number of anilines is 4. The van der Waals surface area contributed by atoms with E-state index in [-0.39, 0.29) is 0 Å². The van der Waals surface area contributed by atoms with E-state index in [1.54, 1.807) is 0 Å². The summed E-state index contributed by atoms with van der Waals surface area (Å²) in [6.45, 7) is 12.4. The number of para-hydroxylation sites is 1. The zero-order chi connectivity index (χ0) is 20.4. The van der Waals surface area contributed by atoms with Crippen LogP contribution in [0.25, 0.3) is 0 Å². The molecule has 150 valence electrons. The van der Waals surface area contributed by atoms with Crippen molar-refractivity contribution in [2.75, 3.05) is 41.3 Å². The van der Waals surface area contributed by atoms with E-state index in [2.05, 4.69) is 77.3 Å². The minimum Gasteiger partial charge on any atom is -0.368 e. The summed E-state index contributed by atoms with van der Waals surface area (Å²) in [6.07, 6.45) is 0. The van der Waals surface area contributed by atoms with Crippen molar-refractivity contribution in [2.45, 2.75) is 27.7 Å². The van der Waals surface area contributed by atoms with E-state index in [0.717, 1.165) is 43.4 Å². The lowest BCUT2D eigenvalue weighted by Gasteiger charge is -2.37. The zero-order valence-electron chi connectivity index (χ0n) is 17.7. The molecule has 0 saturated carbocycles. The quantitative estimate of drug-likeness (QED) is 0.698. The lowest BCUT2D eigenvalue weighted by molar-refractivity contribution is 0.645. The molecule has 2 aromatic carbocycles. The number of nitrogens with zero attached hydrogens (tertiary/aromatic N) is 4. The van der Waals surface area contributed by atoms with Crippen LogP contribution in [0.1, 0.15) is 22.4 Å². The number of nitrogens with one attached hydrogen (secondary N) is 1. The second-order valence-corrected chi connectivity index (χ2v) is 7.82. The number of rotatable bonds is 4. The molecular weight excluding hydrogens is 358 g/mol. The summed E-state index contributed by atoms with van der Waals surface area (Å²) in [4.78, 5) is 14.2. The minimum absolute atomic E-state index is 0.659. The van der Waals surface area contributed by atoms with Crippen LogP contribution in [0.4, 0.5) is 23.1 Å². The normalized spacial score (nSPS) is 14.2. The maximum absolute atomic E-state index is 4.81. The van der Waals surface area contributed by atoms with Gasteiger partial charge in [-0.2, -0.15) is 4.98 Å². The zero-order valence-corrected chi connectivity index (χ0v) is 17.7. The molecule has 0 atom stereocenters. The average molecular weight is 388 g/mol. The molecule has 1 saturated heterocycles. The first kappa shape index (κ1) is 19.2. The summed E-state index contributed by atoms with van der Waals surface area (Å²) in [5, 5.41) is 3.38. The minimum atomic E-state index is 0.659. The molecule has 0 bridgehead atoms. The van der Waals surface area contributed by atoms with Gasteiger partial charge in [0.1, 0.15) is 5.82 Å². The first-order valence-electron chi connectivity index (χ1n) is 10.3. The van der Waals surface area contributed by atoms with Crippen molar-refractivity contribution in [3.05, 3.63) is 70.9 Å². The Bertz CT molecular complexity index is 1010. The Balaban J connectivity index is 1.49. The van der Waals surface area contributed by atoms with E-state index < -0.39 is 0 Å². The van der Waals surface area contributed by atoms with Crippen molar-refractivity contribution in [3.8, 4) is 0 Å². The van der Waals surface area contributed by atoms with Gasteiger partial charge in [0.15, 0.2) is 0 Å². The first-order valence-corrected chi connectivity index (χ1v) is 10.3. The van der Waals surface area contributed by atoms with Gasteiger partial charge in [0.2, 0.25) is 5.95 Å². The van der Waals surface area contributed by atoms with E-state index in [9.17, 15) is 0 Å². The fraction of sp³-hybridized carbons (Fsp3) is 0.333. The third-order valence-corrected chi connectivity index (χ3v) is 5.75. The van der Waals surface area contributed by atoms with Crippen molar-refractivity contribution in [3.63, 3.8) is 0 Å². The van der Waals surface area contributed by atoms with Gasteiger partial charge in [0, 0.05) is 49.3 Å². The highest BCUT2D eigenvalue weighted by Crippen LogP contribution is 2.26. The lowest BCUT2D eigenvalue weighted by Crippen LogP contribution is -2.47. The smallest absolute Gasteiger partial charge is 0.229 e. The van der Waals surface area contributed by atoms with Gasteiger partial charge in [-0.1, -0.05) is 30.3 Å². The molecule has 0 amide bonds. The average Bonchev–Trinajstić information content (AvgIpc) is 2.72. The lowest BCUT2D eigenvalue weighted by atomic mass is 10.1. The van der Waals surface area contributed by atoms with E-state index in [0.29, 0.717) is 5.95 Å². The maximum Gasteiger partial charge on any atom is 0.229 e. The Labute approximate surface area is 173 Å². The first-order chi connectivity index (χ1) is 14.0. The van der Waals surface area contributed by atoms with Crippen LogP contribution in [0.2, 0.25) is 0 Å². The van der Waals surface area contributed by atoms with E-state index >= 15 is 0 Å². The Morgan fingerprint density at radius 3 is 2.21 bits per heavy atom. The predicted octanol–water partition coefficient (Wildman–Crippen LogP) is 4.78. The van der Waals surface area contributed by atoms with Gasteiger partial charge >= 0.3 is 0 Å². The monoisotopic (exact) mass is 387 g/mol. The highest BCUT2D eigenvalue weighted by molar-refractivity contribution is 5.60. The summed E-state index contributed by atoms with van der Waals surface area (Å²) < 4.78 is 0. The summed E-state index contributed by atoms with van der Waals surface area (Å²) in [7, 11) is 0. The number of aromatic nitrogens is 2. The molecule has 0 spiro atoms. The van der Waals surface area contributed by atoms with Gasteiger partial charge < -0.3 is 15.1 Å². The predicted molar refractivity (Wildman–Crippen MR) is 122 cm³/mol. The Morgan fingerprint density at radius 2 is 1.45 bits per heavy atom.